The van der Waals surface area contributed by atoms with Gasteiger partial charge in [0.15, 0.2) is 0 Å². The molecule has 1 saturated heterocycles. The Labute approximate surface area is 125 Å². The number of anilines is 1. The quantitative estimate of drug-likeness (QED) is 0.920. The second kappa shape index (κ2) is 5.44. The van der Waals surface area contributed by atoms with Gasteiger partial charge >= 0.3 is 0 Å². The lowest BCUT2D eigenvalue weighted by atomic mass is 10.2. The summed E-state index contributed by atoms with van der Waals surface area (Å²) in [4.78, 5) is 24.3. The van der Waals surface area contributed by atoms with E-state index in [0.29, 0.717) is 5.92 Å². The van der Waals surface area contributed by atoms with Crippen molar-refractivity contribution in [3.63, 3.8) is 0 Å². The maximum atomic E-state index is 11.8. The molecule has 0 radical (unpaired) electrons. The van der Waals surface area contributed by atoms with Gasteiger partial charge in [-0.1, -0.05) is 12.8 Å². The molecule has 2 heterocycles. The van der Waals surface area contributed by atoms with Gasteiger partial charge in [0.05, 0.1) is 0 Å². The maximum absolute atomic E-state index is 11.8. The minimum Gasteiger partial charge on any atom is -0.354 e. The number of aromatic amines is 1. The number of hydrogen-bond donors (Lipinski definition) is 1. The van der Waals surface area contributed by atoms with Crippen molar-refractivity contribution in [1.29, 1.82) is 0 Å². The minimum atomic E-state index is 0.000113. The molecule has 1 aliphatic heterocycles. The summed E-state index contributed by atoms with van der Waals surface area (Å²) in [6.07, 6.45) is 7.87. The van der Waals surface area contributed by atoms with Gasteiger partial charge in [0.25, 0.3) is 5.56 Å². The molecule has 114 valence electrons. The molecule has 2 aliphatic carbocycles. The zero-order valence-electron chi connectivity index (χ0n) is 12.6. The Bertz CT molecular complexity index is 552. The van der Waals surface area contributed by atoms with E-state index in [1.165, 1.54) is 38.5 Å². The van der Waals surface area contributed by atoms with Crippen LogP contribution in [0, 0.1) is 0 Å². The van der Waals surface area contributed by atoms with Crippen molar-refractivity contribution in [2.75, 3.05) is 31.1 Å². The van der Waals surface area contributed by atoms with Crippen LogP contribution in [0.5, 0.6) is 0 Å². The Morgan fingerprint density at radius 2 is 1.76 bits per heavy atom. The first-order valence-electron chi connectivity index (χ1n) is 8.40. The zero-order valence-corrected chi connectivity index (χ0v) is 12.6. The van der Waals surface area contributed by atoms with Gasteiger partial charge in [0.1, 0.15) is 11.6 Å². The van der Waals surface area contributed by atoms with Crippen molar-refractivity contribution in [2.24, 2.45) is 0 Å². The van der Waals surface area contributed by atoms with Gasteiger partial charge in [-0.15, -0.1) is 0 Å². The van der Waals surface area contributed by atoms with Crippen molar-refractivity contribution in [2.45, 2.75) is 50.5 Å². The van der Waals surface area contributed by atoms with E-state index in [2.05, 4.69) is 14.8 Å². The van der Waals surface area contributed by atoms with E-state index in [1.807, 2.05) is 0 Å². The number of H-pyrrole nitrogens is 1. The molecule has 1 aromatic heterocycles. The van der Waals surface area contributed by atoms with E-state index in [1.54, 1.807) is 6.07 Å². The normalized spacial score (nSPS) is 24.7. The van der Waals surface area contributed by atoms with E-state index < -0.39 is 0 Å². The van der Waals surface area contributed by atoms with Crippen LogP contribution in [-0.4, -0.2) is 47.1 Å². The van der Waals surface area contributed by atoms with Crippen LogP contribution in [-0.2, 0) is 0 Å². The zero-order chi connectivity index (χ0) is 14.2. The molecule has 0 aromatic carbocycles. The van der Waals surface area contributed by atoms with Gasteiger partial charge in [0.2, 0.25) is 0 Å². The van der Waals surface area contributed by atoms with Crippen LogP contribution in [0.4, 0.5) is 5.82 Å². The largest absolute Gasteiger partial charge is 0.354 e. The second-order valence-electron chi connectivity index (χ2n) is 6.72. The van der Waals surface area contributed by atoms with Crippen molar-refractivity contribution >= 4 is 5.82 Å². The lowest BCUT2D eigenvalue weighted by Gasteiger charge is -2.38. The molecule has 1 aromatic rings. The van der Waals surface area contributed by atoms with Crippen LogP contribution in [0.2, 0.25) is 0 Å². The average molecular weight is 288 g/mol. The second-order valence-corrected chi connectivity index (χ2v) is 6.72. The van der Waals surface area contributed by atoms with E-state index in [4.69, 9.17) is 4.98 Å². The minimum absolute atomic E-state index is 0.000113. The highest BCUT2D eigenvalue weighted by atomic mass is 16.1. The molecule has 0 amide bonds. The van der Waals surface area contributed by atoms with E-state index >= 15 is 0 Å². The third kappa shape index (κ3) is 2.84. The summed E-state index contributed by atoms with van der Waals surface area (Å²) < 4.78 is 0. The van der Waals surface area contributed by atoms with Gasteiger partial charge in [-0.3, -0.25) is 9.69 Å². The highest BCUT2D eigenvalue weighted by Gasteiger charge is 2.29. The summed E-state index contributed by atoms with van der Waals surface area (Å²) in [5.74, 6) is 2.28. The Morgan fingerprint density at radius 1 is 1.05 bits per heavy atom. The summed E-state index contributed by atoms with van der Waals surface area (Å²) in [6, 6.07) is 2.47. The average Bonchev–Trinajstić information content (AvgIpc) is 3.22. The lowest BCUT2D eigenvalue weighted by Crippen LogP contribution is -2.50. The molecule has 0 unspecified atom stereocenters. The number of aromatic nitrogens is 2. The SMILES string of the molecule is O=c1cc(N2CCN(C3CCCC3)CC2)nc(C2CC2)[nH]1. The van der Waals surface area contributed by atoms with Crippen molar-refractivity contribution < 1.29 is 0 Å². The van der Waals surface area contributed by atoms with Crippen molar-refractivity contribution in [1.82, 2.24) is 14.9 Å². The van der Waals surface area contributed by atoms with Crippen LogP contribution in [0.3, 0.4) is 0 Å². The molecule has 5 heteroatoms. The van der Waals surface area contributed by atoms with Crippen molar-refractivity contribution in [3.05, 3.63) is 22.2 Å². The van der Waals surface area contributed by atoms with Gasteiger partial charge in [-0.2, -0.15) is 0 Å². The fourth-order valence-corrected chi connectivity index (χ4v) is 3.76. The molecule has 21 heavy (non-hydrogen) atoms. The maximum Gasteiger partial charge on any atom is 0.252 e. The van der Waals surface area contributed by atoms with Gasteiger partial charge in [-0.25, -0.2) is 4.98 Å². The number of piperazine rings is 1. The molecule has 2 saturated carbocycles. The number of nitrogens with zero attached hydrogens (tertiary/aromatic N) is 3. The molecular weight excluding hydrogens is 264 g/mol. The molecule has 4 rings (SSSR count). The number of hydrogen-bond acceptors (Lipinski definition) is 4. The van der Waals surface area contributed by atoms with E-state index in [0.717, 1.165) is 43.9 Å². The number of rotatable bonds is 3. The van der Waals surface area contributed by atoms with Crippen LogP contribution in [0.15, 0.2) is 10.9 Å². The summed E-state index contributed by atoms with van der Waals surface area (Å²) in [7, 11) is 0. The van der Waals surface area contributed by atoms with Gasteiger partial charge in [-0.05, 0) is 25.7 Å². The van der Waals surface area contributed by atoms with Crippen LogP contribution in [0.1, 0.15) is 50.3 Å². The first-order chi connectivity index (χ1) is 10.3. The molecule has 0 atom stereocenters. The molecule has 0 bridgehead atoms. The van der Waals surface area contributed by atoms with E-state index in [9.17, 15) is 4.79 Å². The van der Waals surface area contributed by atoms with Crippen LogP contribution in [0.25, 0.3) is 0 Å². The summed E-state index contributed by atoms with van der Waals surface area (Å²) >= 11 is 0. The summed E-state index contributed by atoms with van der Waals surface area (Å²) in [5.41, 5.74) is 0.000113. The molecule has 3 aliphatic rings. The fraction of sp³-hybridized carbons (Fsp3) is 0.750. The standard InChI is InChI=1S/C16H24N4O/c21-15-11-14(17-16(18-15)12-5-6-12)20-9-7-19(8-10-20)13-3-1-2-4-13/h11-13H,1-10H2,(H,17,18,21). The Balaban J connectivity index is 1.44. The first-order valence-corrected chi connectivity index (χ1v) is 8.40. The first kappa shape index (κ1) is 13.3. The molecule has 1 N–H and O–H groups in total. The summed E-state index contributed by atoms with van der Waals surface area (Å²) in [5, 5.41) is 0. The van der Waals surface area contributed by atoms with Gasteiger partial charge in [0, 0.05) is 44.2 Å². The van der Waals surface area contributed by atoms with Crippen molar-refractivity contribution in [3.8, 4) is 0 Å². The highest BCUT2D eigenvalue weighted by Crippen LogP contribution is 2.38. The fourth-order valence-electron chi connectivity index (χ4n) is 3.76. The predicted octanol–water partition coefficient (Wildman–Crippen LogP) is 1.71. The van der Waals surface area contributed by atoms with Gasteiger partial charge < -0.3 is 9.88 Å². The molecule has 0 spiro atoms. The Hall–Kier alpha value is -1.36. The summed E-state index contributed by atoms with van der Waals surface area (Å²) in [6.45, 7) is 4.21. The molecule has 5 nitrogen and oxygen atoms in total. The Morgan fingerprint density at radius 3 is 2.43 bits per heavy atom. The lowest BCUT2D eigenvalue weighted by molar-refractivity contribution is 0.187. The smallest absolute Gasteiger partial charge is 0.252 e. The van der Waals surface area contributed by atoms with Crippen LogP contribution < -0.4 is 10.5 Å². The topological polar surface area (TPSA) is 52.2 Å². The third-order valence-corrected chi connectivity index (χ3v) is 5.19. The Kier molecular flexibility index (Phi) is 3.45. The molecular formula is C16H24N4O. The van der Waals surface area contributed by atoms with E-state index in [-0.39, 0.29) is 5.56 Å². The van der Waals surface area contributed by atoms with Crippen LogP contribution >= 0.6 is 0 Å². The molecule has 3 fully saturated rings. The third-order valence-electron chi connectivity index (χ3n) is 5.19. The highest BCUT2D eigenvalue weighted by molar-refractivity contribution is 5.38. The monoisotopic (exact) mass is 288 g/mol. The predicted molar refractivity (Wildman–Crippen MR) is 82.9 cm³/mol. The number of nitrogens with one attached hydrogen (secondary N) is 1.